The van der Waals surface area contributed by atoms with Crippen LogP contribution in [0.25, 0.3) is 0 Å². The largest absolute Gasteiger partial charge is 0.457 e. The fourth-order valence-corrected chi connectivity index (χ4v) is 7.14. The molecule has 2 aliphatic heterocycles. The van der Waals surface area contributed by atoms with Gasteiger partial charge in [-0.1, -0.05) is 144 Å². The fraction of sp³-hybridized carbons (Fsp3) is 0.712. The van der Waals surface area contributed by atoms with Gasteiger partial charge in [-0.05, 0) is 70.6 Å². The Morgan fingerprint density at radius 3 is 1.55 bits per heavy atom. The van der Waals surface area contributed by atoms with E-state index in [1.54, 1.807) is 0 Å². The lowest BCUT2D eigenvalue weighted by Crippen LogP contribution is -2.61. The molecule has 2 fully saturated rings. The lowest BCUT2D eigenvalue weighted by Gasteiger charge is -2.42. The summed E-state index contributed by atoms with van der Waals surface area (Å²) < 4.78 is 34.0. The van der Waals surface area contributed by atoms with Crippen LogP contribution in [0.1, 0.15) is 136 Å². The molecule has 0 aromatic rings. The Morgan fingerprint density at radius 1 is 0.515 bits per heavy atom. The number of hydrogen-bond acceptors (Lipinski definition) is 14. The van der Waals surface area contributed by atoms with Crippen LogP contribution in [0.5, 0.6) is 0 Å². The van der Waals surface area contributed by atoms with Gasteiger partial charge >= 0.3 is 5.97 Å². The summed E-state index contributed by atoms with van der Waals surface area (Å²) in [6, 6.07) is 0. The second kappa shape index (κ2) is 39.1. The van der Waals surface area contributed by atoms with Gasteiger partial charge in [-0.15, -0.1) is 0 Å². The van der Waals surface area contributed by atoms with Crippen LogP contribution in [0, 0.1) is 0 Å². The normalized spacial score (nSPS) is 27.0. The van der Waals surface area contributed by atoms with Gasteiger partial charge in [-0.3, -0.25) is 4.79 Å². The van der Waals surface area contributed by atoms with Crippen LogP contribution in [0.15, 0.2) is 85.1 Å². The number of aliphatic hydroxyl groups is 7. The van der Waals surface area contributed by atoms with Gasteiger partial charge in [0.25, 0.3) is 0 Å². The Hall–Kier alpha value is -2.83. The molecule has 2 rings (SSSR count). The minimum absolute atomic E-state index is 0.0389. The second-order valence-corrected chi connectivity index (χ2v) is 16.9. The van der Waals surface area contributed by atoms with Crippen LogP contribution in [-0.4, -0.2) is 142 Å². The number of carbonyl (C=O) groups is 1. The van der Waals surface area contributed by atoms with Crippen molar-refractivity contribution in [3.05, 3.63) is 85.1 Å². The highest BCUT2D eigenvalue weighted by atomic mass is 16.7. The first-order chi connectivity index (χ1) is 32.1. The van der Waals surface area contributed by atoms with Crippen molar-refractivity contribution in [3.63, 3.8) is 0 Å². The number of unbranched alkanes of at least 4 members (excludes halogenated alkanes) is 9. The average molecular weight is 935 g/mol. The van der Waals surface area contributed by atoms with E-state index in [1.165, 1.54) is 0 Å². The molecule has 14 nitrogen and oxygen atoms in total. The van der Waals surface area contributed by atoms with E-state index in [0.717, 1.165) is 109 Å². The maximum absolute atomic E-state index is 12.8. The molecule has 0 aromatic carbocycles. The first-order valence-corrected chi connectivity index (χ1v) is 24.7. The summed E-state index contributed by atoms with van der Waals surface area (Å²) in [5, 5.41) is 71.8. The van der Waals surface area contributed by atoms with Gasteiger partial charge in [0.1, 0.15) is 54.9 Å². The molecule has 14 heteroatoms. The molecule has 66 heavy (non-hydrogen) atoms. The number of aliphatic hydroxyl groups excluding tert-OH is 7. The van der Waals surface area contributed by atoms with E-state index >= 15 is 0 Å². The highest BCUT2D eigenvalue weighted by molar-refractivity contribution is 5.69. The highest BCUT2D eigenvalue weighted by Gasteiger charge is 2.47. The van der Waals surface area contributed by atoms with E-state index in [1.807, 2.05) is 0 Å². The van der Waals surface area contributed by atoms with Crippen molar-refractivity contribution < 1.29 is 69.0 Å². The quantitative estimate of drug-likeness (QED) is 0.0192. The fourth-order valence-electron chi connectivity index (χ4n) is 7.14. The molecule has 0 amide bonds. The summed E-state index contributed by atoms with van der Waals surface area (Å²) in [5.41, 5.74) is 0. The monoisotopic (exact) mass is 935 g/mol. The second-order valence-electron chi connectivity index (χ2n) is 16.9. The Bertz CT molecular complexity index is 1410. The third-order valence-electron chi connectivity index (χ3n) is 11.2. The molecule has 2 heterocycles. The summed E-state index contributed by atoms with van der Waals surface area (Å²) in [6.45, 7) is 3.40. The van der Waals surface area contributed by atoms with E-state index in [-0.39, 0.29) is 19.6 Å². The highest BCUT2D eigenvalue weighted by Crippen LogP contribution is 2.26. The third kappa shape index (κ3) is 26.6. The number of rotatable bonds is 37. The minimum Gasteiger partial charge on any atom is -0.457 e. The molecule has 11 unspecified atom stereocenters. The van der Waals surface area contributed by atoms with Gasteiger partial charge in [0.2, 0.25) is 0 Å². The SMILES string of the molecule is CC/C=C\C/C=C\C/C=C\C/C=C\C/C=C\C/C=C\C/C=C\CCCCCCOCC(COC1OC(COC2OC(CO)C(O)C(O)C2O)C(O)C(O)C1O)OC(=O)CCCCCCCC. The van der Waals surface area contributed by atoms with E-state index in [9.17, 15) is 40.5 Å². The van der Waals surface area contributed by atoms with Crippen molar-refractivity contribution >= 4 is 5.97 Å². The van der Waals surface area contributed by atoms with E-state index in [4.69, 9.17) is 28.4 Å². The number of hydrogen-bond donors (Lipinski definition) is 7. The molecule has 7 N–H and O–H groups in total. The van der Waals surface area contributed by atoms with Gasteiger partial charge in [0.15, 0.2) is 12.6 Å². The van der Waals surface area contributed by atoms with E-state index in [2.05, 4.69) is 98.9 Å². The van der Waals surface area contributed by atoms with Crippen molar-refractivity contribution in [3.8, 4) is 0 Å². The zero-order chi connectivity index (χ0) is 48.0. The number of allylic oxidation sites excluding steroid dienone is 14. The molecule has 11 atom stereocenters. The van der Waals surface area contributed by atoms with Crippen LogP contribution >= 0.6 is 0 Å². The van der Waals surface area contributed by atoms with Crippen LogP contribution in [0.4, 0.5) is 0 Å². The smallest absolute Gasteiger partial charge is 0.306 e. The molecule has 0 bridgehead atoms. The number of carbonyl (C=O) groups excluding carboxylic acids is 1. The summed E-state index contributed by atoms with van der Waals surface area (Å²) in [6.07, 6.45) is 32.7. The van der Waals surface area contributed by atoms with E-state index in [0.29, 0.717) is 13.0 Å². The van der Waals surface area contributed by atoms with Crippen molar-refractivity contribution in [1.29, 1.82) is 0 Å². The molecule has 378 valence electrons. The molecular formula is C52H86O14. The predicted molar refractivity (Wildman–Crippen MR) is 256 cm³/mol. The van der Waals surface area contributed by atoms with Crippen LogP contribution in [0.3, 0.4) is 0 Å². The van der Waals surface area contributed by atoms with Crippen molar-refractivity contribution in [1.82, 2.24) is 0 Å². The van der Waals surface area contributed by atoms with Gasteiger partial charge in [-0.25, -0.2) is 0 Å². The topological polar surface area (TPSA) is 214 Å². The molecule has 0 radical (unpaired) electrons. The lowest BCUT2D eigenvalue weighted by atomic mass is 9.98. The summed E-state index contributed by atoms with van der Waals surface area (Å²) in [4.78, 5) is 12.8. The Labute approximate surface area is 395 Å². The summed E-state index contributed by atoms with van der Waals surface area (Å²) >= 11 is 0. The van der Waals surface area contributed by atoms with Gasteiger partial charge < -0.3 is 64.2 Å². The molecular weight excluding hydrogens is 849 g/mol. The summed E-state index contributed by atoms with van der Waals surface area (Å²) in [5.74, 6) is -0.400. The maximum Gasteiger partial charge on any atom is 0.306 e. The van der Waals surface area contributed by atoms with Crippen molar-refractivity contribution in [2.24, 2.45) is 0 Å². The molecule has 0 aromatic heterocycles. The van der Waals surface area contributed by atoms with Gasteiger partial charge in [0, 0.05) is 13.0 Å². The molecule has 2 aliphatic rings. The summed E-state index contributed by atoms with van der Waals surface area (Å²) in [7, 11) is 0. The zero-order valence-electron chi connectivity index (χ0n) is 39.9. The number of ether oxygens (including phenoxy) is 6. The van der Waals surface area contributed by atoms with Crippen LogP contribution in [0.2, 0.25) is 0 Å². The zero-order valence-corrected chi connectivity index (χ0v) is 39.9. The van der Waals surface area contributed by atoms with Crippen LogP contribution in [-0.2, 0) is 33.2 Å². The average Bonchev–Trinajstić information content (AvgIpc) is 3.31. The maximum atomic E-state index is 12.8. The Balaban J connectivity index is 1.69. The molecule has 0 saturated carbocycles. The van der Waals surface area contributed by atoms with Crippen molar-refractivity contribution in [2.45, 2.75) is 203 Å². The first kappa shape index (κ1) is 59.3. The first-order valence-electron chi connectivity index (χ1n) is 24.7. The lowest BCUT2D eigenvalue weighted by molar-refractivity contribution is -0.332. The van der Waals surface area contributed by atoms with Gasteiger partial charge in [-0.2, -0.15) is 0 Å². The standard InChI is InChI=1S/C52H86O14/c1-3-5-7-9-11-12-13-14-15-16-17-18-19-20-21-22-23-24-25-26-27-28-29-30-32-34-36-61-38-41(64-44(54)35-33-31-10-8-6-4-2)39-62-51-50(60)48(58)46(56)43(66-51)40-63-52-49(59)47(57)45(55)42(37-53)65-52/h5,7,11-12,14-15,17-18,20-21,23-24,26-27,41-43,45-53,55-60H,3-4,6,8-10,13,16,19,22,25,28-40H2,1-2H3/b7-5-,12-11-,15-14-,18-17-,21-20-,24-23-,27-26-. The third-order valence-corrected chi connectivity index (χ3v) is 11.2. The van der Waals surface area contributed by atoms with E-state index < -0.39 is 86.7 Å². The van der Waals surface area contributed by atoms with Crippen molar-refractivity contribution in [2.75, 3.05) is 33.0 Å². The molecule has 0 spiro atoms. The Morgan fingerprint density at radius 2 is 0.985 bits per heavy atom. The molecule has 0 aliphatic carbocycles. The predicted octanol–water partition coefficient (Wildman–Crippen LogP) is 6.90. The minimum atomic E-state index is -1.71. The molecule has 2 saturated heterocycles. The van der Waals surface area contributed by atoms with Gasteiger partial charge in [0.05, 0.1) is 26.4 Å². The Kier molecular flexibility index (Phi) is 35.1. The van der Waals surface area contributed by atoms with Crippen LogP contribution < -0.4 is 0 Å². The number of esters is 1.